The summed E-state index contributed by atoms with van der Waals surface area (Å²) in [6.07, 6.45) is 1.37. The van der Waals surface area contributed by atoms with Gasteiger partial charge in [-0.05, 0) is 32.4 Å². The molecular weight excluding hydrogens is 313 g/mol. The number of hydrogen-bond donors (Lipinski definition) is 1. The van der Waals surface area contributed by atoms with Crippen LogP contribution in [0, 0.1) is 0 Å². The average molecular weight is 332 g/mol. The number of rotatable bonds is 1. The highest BCUT2D eigenvalue weighted by molar-refractivity contribution is 6.41. The Labute approximate surface area is 134 Å². The van der Waals surface area contributed by atoms with Crippen molar-refractivity contribution in [3.63, 3.8) is 0 Å². The summed E-state index contributed by atoms with van der Waals surface area (Å²) in [5, 5.41) is 4.02. The lowest BCUT2D eigenvalue weighted by Crippen LogP contribution is -2.49. The van der Waals surface area contributed by atoms with Crippen LogP contribution >= 0.6 is 23.2 Å². The summed E-state index contributed by atoms with van der Waals surface area (Å²) in [7, 11) is 0. The molecule has 2 rings (SSSR count). The number of ether oxygens (including phenoxy) is 1. The van der Waals surface area contributed by atoms with Gasteiger partial charge in [-0.25, -0.2) is 9.78 Å². The molecular formula is C14H19Cl2N3O2. The van der Waals surface area contributed by atoms with Crippen molar-refractivity contribution in [2.45, 2.75) is 32.4 Å². The van der Waals surface area contributed by atoms with E-state index in [-0.39, 0.29) is 17.3 Å². The van der Waals surface area contributed by atoms with Gasteiger partial charge in [-0.2, -0.15) is 0 Å². The van der Waals surface area contributed by atoms with E-state index in [2.05, 4.69) is 10.3 Å². The first-order chi connectivity index (χ1) is 9.76. The molecule has 1 amide bonds. The van der Waals surface area contributed by atoms with Gasteiger partial charge in [0.1, 0.15) is 10.8 Å². The van der Waals surface area contributed by atoms with E-state index in [1.165, 1.54) is 0 Å². The van der Waals surface area contributed by atoms with Gasteiger partial charge in [0, 0.05) is 25.8 Å². The summed E-state index contributed by atoms with van der Waals surface area (Å²) in [5.74, 6) is 0. The standard InChI is InChI=1S/C14H19Cl2N3O2/c1-14(2,3)21-13(20)19-5-4-17-11(8-19)9-6-10(15)12(16)18-7-9/h6-7,11,17H,4-5,8H2,1-3H3. The van der Waals surface area contributed by atoms with Crippen LogP contribution in [0.2, 0.25) is 10.2 Å². The minimum atomic E-state index is -0.497. The Morgan fingerprint density at radius 3 is 2.81 bits per heavy atom. The maximum atomic E-state index is 12.1. The van der Waals surface area contributed by atoms with Crippen LogP contribution in [-0.2, 0) is 4.74 Å². The summed E-state index contributed by atoms with van der Waals surface area (Å²) in [6.45, 7) is 7.37. The molecule has 1 atom stereocenters. The van der Waals surface area contributed by atoms with Crippen LogP contribution in [0.5, 0.6) is 0 Å². The third kappa shape index (κ3) is 4.46. The van der Waals surface area contributed by atoms with E-state index in [4.69, 9.17) is 27.9 Å². The molecule has 7 heteroatoms. The molecule has 0 aliphatic carbocycles. The molecule has 0 aromatic carbocycles. The number of carbonyl (C=O) groups excluding carboxylic acids is 1. The fourth-order valence-corrected chi connectivity index (χ4v) is 2.37. The molecule has 0 saturated carbocycles. The molecule has 0 spiro atoms. The number of hydrogen-bond acceptors (Lipinski definition) is 4. The monoisotopic (exact) mass is 331 g/mol. The Hall–Kier alpha value is -1.04. The maximum Gasteiger partial charge on any atom is 0.410 e. The van der Waals surface area contributed by atoms with Crippen molar-refractivity contribution in [3.05, 3.63) is 28.0 Å². The molecule has 21 heavy (non-hydrogen) atoms. The zero-order chi connectivity index (χ0) is 15.6. The van der Waals surface area contributed by atoms with E-state index >= 15 is 0 Å². The van der Waals surface area contributed by atoms with Gasteiger partial charge in [0.05, 0.1) is 11.1 Å². The van der Waals surface area contributed by atoms with Gasteiger partial charge in [-0.1, -0.05) is 23.2 Å². The molecule has 1 fully saturated rings. The number of piperazine rings is 1. The zero-order valence-corrected chi connectivity index (χ0v) is 13.8. The summed E-state index contributed by atoms with van der Waals surface area (Å²) in [6, 6.07) is 1.74. The number of nitrogens with zero attached hydrogens (tertiary/aromatic N) is 2. The van der Waals surface area contributed by atoms with E-state index in [9.17, 15) is 4.79 Å². The fourth-order valence-electron chi connectivity index (χ4n) is 2.09. The lowest BCUT2D eigenvalue weighted by atomic mass is 10.1. The number of pyridine rings is 1. The third-order valence-corrected chi connectivity index (χ3v) is 3.73. The molecule has 2 heterocycles. The predicted octanol–water partition coefficient (Wildman–Crippen LogP) is 3.27. The minimum absolute atomic E-state index is 0.0338. The van der Waals surface area contributed by atoms with Crippen molar-refractivity contribution >= 4 is 29.3 Å². The molecule has 1 aliphatic heterocycles. The first kappa shape index (κ1) is 16.3. The summed E-state index contributed by atoms with van der Waals surface area (Å²) in [5.41, 5.74) is 0.403. The van der Waals surface area contributed by atoms with Crippen LogP contribution in [-0.4, -0.2) is 41.2 Å². The third-order valence-electron chi connectivity index (χ3n) is 3.05. The van der Waals surface area contributed by atoms with E-state index < -0.39 is 5.60 Å². The van der Waals surface area contributed by atoms with Crippen molar-refractivity contribution in [2.24, 2.45) is 0 Å². The van der Waals surface area contributed by atoms with Crippen LogP contribution in [0.25, 0.3) is 0 Å². The normalized spacial score (nSPS) is 19.5. The second-order valence-electron chi connectivity index (χ2n) is 5.97. The SMILES string of the molecule is CC(C)(C)OC(=O)N1CCNC(c2cnc(Cl)c(Cl)c2)C1. The molecule has 116 valence electrons. The Balaban J connectivity index is 2.06. The number of aromatic nitrogens is 1. The molecule has 1 unspecified atom stereocenters. The summed E-state index contributed by atoms with van der Waals surface area (Å²) < 4.78 is 5.40. The van der Waals surface area contributed by atoms with Gasteiger partial charge in [0.15, 0.2) is 0 Å². The first-order valence-corrected chi connectivity index (χ1v) is 7.54. The lowest BCUT2D eigenvalue weighted by Gasteiger charge is -2.35. The predicted molar refractivity (Wildman–Crippen MR) is 82.8 cm³/mol. The molecule has 5 nitrogen and oxygen atoms in total. The average Bonchev–Trinajstić information content (AvgIpc) is 2.40. The molecule has 1 saturated heterocycles. The van der Waals surface area contributed by atoms with Crippen LogP contribution in [0.15, 0.2) is 12.3 Å². The number of amides is 1. The Bertz CT molecular complexity index is 531. The van der Waals surface area contributed by atoms with Crippen molar-refractivity contribution < 1.29 is 9.53 Å². The highest BCUT2D eigenvalue weighted by Gasteiger charge is 2.28. The van der Waals surface area contributed by atoms with Gasteiger partial charge in [0.2, 0.25) is 0 Å². The van der Waals surface area contributed by atoms with E-state index in [1.807, 2.05) is 20.8 Å². The van der Waals surface area contributed by atoms with E-state index in [0.29, 0.717) is 24.7 Å². The first-order valence-electron chi connectivity index (χ1n) is 6.78. The molecule has 0 bridgehead atoms. The minimum Gasteiger partial charge on any atom is -0.444 e. The Morgan fingerprint density at radius 1 is 1.48 bits per heavy atom. The van der Waals surface area contributed by atoms with Crippen molar-refractivity contribution in [1.29, 1.82) is 0 Å². The highest BCUT2D eigenvalue weighted by atomic mass is 35.5. The van der Waals surface area contributed by atoms with Crippen LogP contribution in [0.1, 0.15) is 32.4 Å². The molecule has 1 N–H and O–H groups in total. The number of carbonyl (C=O) groups is 1. The largest absolute Gasteiger partial charge is 0.444 e. The maximum absolute atomic E-state index is 12.1. The van der Waals surface area contributed by atoms with Gasteiger partial charge in [-0.3, -0.25) is 0 Å². The van der Waals surface area contributed by atoms with Crippen LogP contribution in [0.3, 0.4) is 0 Å². The van der Waals surface area contributed by atoms with Crippen molar-refractivity contribution in [1.82, 2.24) is 15.2 Å². The summed E-state index contributed by atoms with van der Waals surface area (Å²) >= 11 is 11.8. The van der Waals surface area contributed by atoms with Gasteiger partial charge < -0.3 is 15.0 Å². The molecule has 1 aromatic heterocycles. The summed E-state index contributed by atoms with van der Waals surface area (Å²) in [4.78, 5) is 17.9. The Kier molecular flexibility index (Phi) is 4.96. The smallest absolute Gasteiger partial charge is 0.410 e. The highest BCUT2D eigenvalue weighted by Crippen LogP contribution is 2.25. The van der Waals surface area contributed by atoms with Gasteiger partial charge in [-0.15, -0.1) is 0 Å². The van der Waals surface area contributed by atoms with Gasteiger partial charge in [0.25, 0.3) is 0 Å². The fraction of sp³-hybridized carbons (Fsp3) is 0.571. The van der Waals surface area contributed by atoms with Gasteiger partial charge >= 0.3 is 6.09 Å². The van der Waals surface area contributed by atoms with Crippen molar-refractivity contribution in [2.75, 3.05) is 19.6 Å². The molecule has 0 radical (unpaired) electrons. The molecule has 1 aromatic rings. The lowest BCUT2D eigenvalue weighted by molar-refractivity contribution is 0.0195. The van der Waals surface area contributed by atoms with Crippen LogP contribution < -0.4 is 5.32 Å². The quantitative estimate of drug-likeness (QED) is 0.802. The second kappa shape index (κ2) is 6.38. The number of halogens is 2. The number of nitrogens with one attached hydrogen (secondary N) is 1. The van der Waals surface area contributed by atoms with Crippen molar-refractivity contribution in [3.8, 4) is 0 Å². The zero-order valence-electron chi connectivity index (χ0n) is 12.3. The van der Waals surface area contributed by atoms with Crippen LogP contribution in [0.4, 0.5) is 4.79 Å². The topological polar surface area (TPSA) is 54.5 Å². The Morgan fingerprint density at radius 2 is 2.19 bits per heavy atom. The second-order valence-corrected chi connectivity index (χ2v) is 6.74. The van der Waals surface area contributed by atoms with E-state index in [0.717, 1.165) is 5.56 Å². The van der Waals surface area contributed by atoms with E-state index in [1.54, 1.807) is 17.2 Å². The molecule has 1 aliphatic rings.